The number of ether oxygens (including phenoxy) is 1. The van der Waals surface area contributed by atoms with E-state index in [1.807, 2.05) is 0 Å². The molecule has 3 aromatic heterocycles. The van der Waals surface area contributed by atoms with Gasteiger partial charge in [0, 0.05) is 24.2 Å². The lowest BCUT2D eigenvalue weighted by atomic mass is 10.1. The van der Waals surface area contributed by atoms with Crippen molar-refractivity contribution >= 4 is 23.2 Å². The molecule has 172 valence electrons. The number of carbonyl (C=O) groups excluding carboxylic acids is 1. The zero-order valence-corrected chi connectivity index (χ0v) is 17.9. The Bertz CT molecular complexity index is 1450. The molecule has 0 aliphatic heterocycles. The summed E-state index contributed by atoms with van der Waals surface area (Å²) in [5.74, 6) is 5.75. The normalized spacial score (nSPS) is 11.1. The second-order valence-corrected chi connectivity index (χ2v) is 7.11. The number of nitrogens with zero attached hydrogens (tertiary/aromatic N) is 4. The molecule has 0 radical (unpaired) electrons. The van der Waals surface area contributed by atoms with Crippen LogP contribution in [0, 0.1) is 11.8 Å². The number of hydrogen-bond acceptors (Lipinski definition) is 6. The van der Waals surface area contributed by atoms with Crippen molar-refractivity contribution in [3.8, 4) is 28.8 Å². The van der Waals surface area contributed by atoms with Crippen LogP contribution < -0.4 is 15.8 Å². The number of alkyl halides is 3. The Morgan fingerprint density at radius 2 is 1.88 bits per heavy atom. The highest BCUT2D eigenvalue weighted by Crippen LogP contribution is 2.34. The van der Waals surface area contributed by atoms with Crippen molar-refractivity contribution in [1.29, 1.82) is 0 Å². The fraction of sp³-hybridized carbons (Fsp3) is 0.130. The van der Waals surface area contributed by atoms with E-state index in [4.69, 9.17) is 10.5 Å². The third-order valence-electron chi connectivity index (χ3n) is 4.71. The lowest BCUT2D eigenvalue weighted by Gasteiger charge is -2.10. The number of fused-ring (bicyclic) bond motifs is 1. The van der Waals surface area contributed by atoms with Crippen molar-refractivity contribution < 1.29 is 22.7 Å². The second kappa shape index (κ2) is 8.74. The van der Waals surface area contributed by atoms with E-state index in [1.54, 1.807) is 37.4 Å². The van der Waals surface area contributed by atoms with Gasteiger partial charge in [-0.3, -0.25) is 4.79 Å². The van der Waals surface area contributed by atoms with Gasteiger partial charge in [0.15, 0.2) is 17.2 Å². The van der Waals surface area contributed by atoms with Crippen LogP contribution in [0.5, 0.6) is 5.75 Å². The Labute approximate surface area is 191 Å². The van der Waals surface area contributed by atoms with Crippen LogP contribution in [0.1, 0.15) is 23.7 Å². The van der Waals surface area contributed by atoms with E-state index < -0.39 is 17.6 Å². The predicted octanol–water partition coefficient (Wildman–Crippen LogP) is 3.76. The Morgan fingerprint density at radius 3 is 2.53 bits per heavy atom. The number of hydrogen-bond donors (Lipinski definition) is 2. The molecule has 34 heavy (non-hydrogen) atoms. The van der Waals surface area contributed by atoms with Crippen LogP contribution in [0.2, 0.25) is 0 Å². The van der Waals surface area contributed by atoms with Crippen molar-refractivity contribution in [2.45, 2.75) is 13.1 Å². The number of imidazole rings is 1. The van der Waals surface area contributed by atoms with Gasteiger partial charge in [-0.15, -0.1) is 0 Å². The summed E-state index contributed by atoms with van der Waals surface area (Å²) < 4.78 is 46.3. The Morgan fingerprint density at radius 1 is 1.15 bits per heavy atom. The van der Waals surface area contributed by atoms with E-state index in [2.05, 4.69) is 32.2 Å². The second-order valence-electron chi connectivity index (χ2n) is 7.11. The standard InChI is InChI=1S/C23H17F3N6O2/c1-13(33)29-22-19(9-5-14-3-6-16(34-2)7-4-14)32-20(30-22)10-8-18(31-32)15-11-17(23(24,25)26)21(27)28-12-15/h3-4,6-8,10-12H,1-2H3,(H2,27,28)(H,29,33). The van der Waals surface area contributed by atoms with Gasteiger partial charge >= 0.3 is 6.18 Å². The maximum absolute atomic E-state index is 13.3. The molecule has 0 unspecified atom stereocenters. The van der Waals surface area contributed by atoms with Crippen LogP contribution in [-0.4, -0.2) is 32.6 Å². The minimum Gasteiger partial charge on any atom is -0.497 e. The Hall–Kier alpha value is -4.59. The van der Waals surface area contributed by atoms with Crippen LogP contribution in [0.4, 0.5) is 24.8 Å². The number of pyridine rings is 1. The molecular formula is C23H17F3N6O2. The van der Waals surface area contributed by atoms with E-state index in [9.17, 15) is 18.0 Å². The van der Waals surface area contributed by atoms with Crippen molar-refractivity contribution in [2.75, 3.05) is 18.2 Å². The minimum absolute atomic E-state index is 0.104. The fourth-order valence-electron chi connectivity index (χ4n) is 3.10. The molecule has 11 heteroatoms. The third kappa shape index (κ3) is 4.61. The van der Waals surface area contributed by atoms with Crippen LogP contribution in [0.15, 0.2) is 48.7 Å². The first-order chi connectivity index (χ1) is 16.2. The number of nitrogen functional groups attached to an aromatic ring is 1. The number of carbonyl (C=O) groups is 1. The van der Waals surface area contributed by atoms with Crippen molar-refractivity contribution in [3.63, 3.8) is 0 Å². The molecule has 0 fully saturated rings. The number of nitrogens with two attached hydrogens (primary N) is 1. The van der Waals surface area contributed by atoms with Crippen molar-refractivity contribution in [2.24, 2.45) is 0 Å². The highest BCUT2D eigenvalue weighted by Gasteiger charge is 2.34. The number of nitrogens with one attached hydrogen (secondary N) is 1. The highest BCUT2D eigenvalue weighted by atomic mass is 19.4. The van der Waals surface area contributed by atoms with Crippen LogP contribution in [0.3, 0.4) is 0 Å². The van der Waals surface area contributed by atoms with Gasteiger partial charge in [-0.05, 0) is 48.4 Å². The smallest absolute Gasteiger partial charge is 0.419 e. The maximum atomic E-state index is 13.3. The van der Waals surface area contributed by atoms with Gasteiger partial charge < -0.3 is 15.8 Å². The molecule has 1 amide bonds. The lowest BCUT2D eigenvalue weighted by Crippen LogP contribution is -2.11. The first kappa shape index (κ1) is 22.6. The number of benzene rings is 1. The third-order valence-corrected chi connectivity index (χ3v) is 4.71. The van der Waals surface area contributed by atoms with Gasteiger partial charge in [-0.2, -0.15) is 18.3 Å². The van der Waals surface area contributed by atoms with Gasteiger partial charge in [0.25, 0.3) is 0 Å². The fourth-order valence-corrected chi connectivity index (χ4v) is 3.10. The molecule has 0 atom stereocenters. The molecule has 3 heterocycles. The van der Waals surface area contributed by atoms with E-state index in [-0.39, 0.29) is 28.7 Å². The molecule has 4 rings (SSSR count). The summed E-state index contributed by atoms with van der Waals surface area (Å²) in [7, 11) is 1.55. The first-order valence-electron chi connectivity index (χ1n) is 9.82. The van der Waals surface area contributed by atoms with E-state index in [1.165, 1.54) is 23.7 Å². The summed E-state index contributed by atoms with van der Waals surface area (Å²) in [6.45, 7) is 1.32. The maximum Gasteiger partial charge on any atom is 0.419 e. The number of halogens is 3. The lowest BCUT2D eigenvalue weighted by molar-refractivity contribution is -0.137. The molecule has 3 N–H and O–H groups in total. The van der Waals surface area contributed by atoms with Gasteiger partial charge in [0.05, 0.1) is 18.4 Å². The molecule has 0 aliphatic carbocycles. The average Bonchev–Trinajstić information content (AvgIpc) is 3.13. The summed E-state index contributed by atoms with van der Waals surface area (Å²) >= 11 is 0. The van der Waals surface area contributed by atoms with Crippen LogP contribution in [0.25, 0.3) is 16.9 Å². The van der Waals surface area contributed by atoms with Crippen molar-refractivity contribution in [1.82, 2.24) is 19.6 Å². The van der Waals surface area contributed by atoms with E-state index >= 15 is 0 Å². The zero-order chi connectivity index (χ0) is 24.5. The van der Waals surface area contributed by atoms with E-state index in [0.717, 1.165) is 6.07 Å². The van der Waals surface area contributed by atoms with Crippen LogP contribution in [-0.2, 0) is 11.0 Å². The number of methoxy groups -OCH3 is 1. The molecule has 8 nitrogen and oxygen atoms in total. The van der Waals surface area contributed by atoms with Crippen molar-refractivity contribution in [3.05, 3.63) is 65.5 Å². The van der Waals surface area contributed by atoms with Crippen LogP contribution >= 0.6 is 0 Å². The van der Waals surface area contributed by atoms with Gasteiger partial charge in [0.1, 0.15) is 11.6 Å². The number of amides is 1. The van der Waals surface area contributed by atoms with Gasteiger partial charge in [0.2, 0.25) is 5.91 Å². The predicted molar refractivity (Wildman–Crippen MR) is 119 cm³/mol. The first-order valence-corrected chi connectivity index (χ1v) is 9.82. The molecule has 1 aromatic carbocycles. The number of rotatable bonds is 3. The molecular weight excluding hydrogens is 449 g/mol. The molecule has 0 spiro atoms. The SMILES string of the molecule is COc1ccc(C#Cc2c(NC(C)=O)nc3ccc(-c4cnc(N)c(C(F)(F)F)c4)nn23)cc1. The Balaban J connectivity index is 1.84. The van der Waals surface area contributed by atoms with E-state index in [0.29, 0.717) is 17.0 Å². The highest BCUT2D eigenvalue weighted by molar-refractivity contribution is 5.89. The largest absolute Gasteiger partial charge is 0.497 e. The summed E-state index contributed by atoms with van der Waals surface area (Å²) in [4.78, 5) is 19.7. The van der Waals surface area contributed by atoms with Gasteiger partial charge in [-0.25, -0.2) is 14.5 Å². The Kier molecular flexibility index (Phi) is 5.81. The minimum atomic E-state index is -4.67. The molecule has 0 saturated heterocycles. The topological polar surface area (TPSA) is 107 Å². The quantitative estimate of drug-likeness (QED) is 0.445. The monoisotopic (exact) mass is 466 g/mol. The molecule has 0 bridgehead atoms. The molecule has 4 aromatic rings. The average molecular weight is 466 g/mol. The summed E-state index contributed by atoms with van der Waals surface area (Å²) in [5.41, 5.74) is 5.88. The molecule has 0 saturated carbocycles. The summed E-state index contributed by atoms with van der Waals surface area (Å²) in [5, 5.41) is 7.00. The molecule has 0 aliphatic rings. The summed E-state index contributed by atoms with van der Waals surface area (Å²) in [6.07, 6.45) is -3.47. The number of anilines is 2. The van der Waals surface area contributed by atoms with Gasteiger partial charge in [-0.1, -0.05) is 5.92 Å². The zero-order valence-electron chi connectivity index (χ0n) is 17.9. The number of aromatic nitrogens is 4. The summed E-state index contributed by atoms with van der Waals surface area (Å²) in [6, 6.07) is 10.9.